The molecule has 0 amide bonds. The SMILES string of the molecule is NC1CN(Cc2ccccc2)CC12CCCCC2. The molecule has 2 nitrogen and oxygen atoms in total. The highest BCUT2D eigenvalue weighted by Gasteiger charge is 2.44. The number of rotatable bonds is 2. The van der Waals surface area contributed by atoms with E-state index < -0.39 is 0 Å². The molecule has 2 fully saturated rings. The van der Waals surface area contributed by atoms with Crippen LogP contribution in [0.5, 0.6) is 0 Å². The van der Waals surface area contributed by atoms with Gasteiger partial charge in [-0.05, 0) is 23.8 Å². The van der Waals surface area contributed by atoms with Gasteiger partial charge < -0.3 is 5.73 Å². The van der Waals surface area contributed by atoms with Crippen molar-refractivity contribution in [1.82, 2.24) is 4.90 Å². The second-order valence-electron chi connectivity index (χ2n) is 6.18. The number of nitrogens with two attached hydrogens (primary N) is 1. The summed E-state index contributed by atoms with van der Waals surface area (Å²) in [5.74, 6) is 0. The Bertz CT molecular complexity index is 381. The van der Waals surface area contributed by atoms with Crippen LogP contribution in [0, 0.1) is 5.41 Å². The molecule has 0 aromatic heterocycles. The Hall–Kier alpha value is -0.860. The highest BCUT2D eigenvalue weighted by molar-refractivity contribution is 5.15. The lowest BCUT2D eigenvalue weighted by molar-refractivity contribution is 0.169. The van der Waals surface area contributed by atoms with E-state index in [2.05, 4.69) is 35.2 Å². The third-order valence-corrected chi connectivity index (χ3v) is 4.88. The van der Waals surface area contributed by atoms with Gasteiger partial charge in [0.25, 0.3) is 0 Å². The Kier molecular flexibility index (Phi) is 3.40. The summed E-state index contributed by atoms with van der Waals surface area (Å²) in [5.41, 5.74) is 8.30. The molecule has 1 unspecified atom stereocenters. The number of hydrogen-bond acceptors (Lipinski definition) is 2. The molecule has 1 atom stereocenters. The molecule has 1 aromatic carbocycles. The van der Waals surface area contributed by atoms with Gasteiger partial charge in [-0.15, -0.1) is 0 Å². The minimum atomic E-state index is 0.390. The highest BCUT2D eigenvalue weighted by atomic mass is 15.2. The summed E-state index contributed by atoms with van der Waals surface area (Å²) in [4.78, 5) is 2.56. The molecule has 1 spiro atoms. The van der Waals surface area contributed by atoms with Crippen LogP contribution in [0.15, 0.2) is 30.3 Å². The van der Waals surface area contributed by atoms with E-state index in [0.29, 0.717) is 11.5 Å². The van der Waals surface area contributed by atoms with Crippen molar-refractivity contribution >= 4 is 0 Å². The normalized spacial score (nSPS) is 27.7. The van der Waals surface area contributed by atoms with E-state index in [-0.39, 0.29) is 0 Å². The summed E-state index contributed by atoms with van der Waals surface area (Å²) >= 11 is 0. The molecular weight excluding hydrogens is 220 g/mol. The Balaban J connectivity index is 1.66. The van der Waals surface area contributed by atoms with Gasteiger partial charge in [0, 0.05) is 25.7 Å². The smallest absolute Gasteiger partial charge is 0.0237 e. The quantitative estimate of drug-likeness (QED) is 0.867. The summed E-state index contributed by atoms with van der Waals surface area (Å²) in [6.07, 6.45) is 6.87. The number of hydrogen-bond donors (Lipinski definition) is 1. The van der Waals surface area contributed by atoms with Crippen molar-refractivity contribution in [2.75, 3.05) is 13.1 Å². The molecular formula is C16H24N2. The van der Waals surface area contributed by atoms with Gasteiger partial charge in [0.05, 0.1) is 0 Å². The third kappa shape index (κ3) is 2.32. The van der Waals surface area contributed by atoms with Crippen molar-refractivity contribution < 1.29 is 0 Å². The maximum atomic E-state index is 6.45. The van der Waals surface area contributed by atoms with E-state index in [1.165, 1.54) is 44.2 Å². The van der Waals surface area contributed by atoms with Crippen LogP contribution >= 0.6 is 0 Å². The fourth-order valence-electron chi connectivity index (χ4n) is 3.85. The van der Waals surface area contributed by atoms with Crippen LogP contribution < -0.4 is 5.73 Å². The first-order valence-electron chi connectivity index (χ1n) is 7.30. The number of nitrogens with zero attached hydrogens (tertiary/aromatic N) is 1. The van der Waals surface area contributed by atoms with Gasteiger partial charge in [-0.3, -0.25) is 4.90 Å². The third-order valence-electron chi connectivity index (χ3n) is 4.88. The second-order valence-corrected chi connectivity index (χ2v) is 6.18. The lowest BCUT2D eigenvalue weighted by atomic mass is 9.71. The maximum absolute atomic E-state index is 6.45. The Labute approximate surface area is 110 Å². The lowest BCUT2D eigenvalue weighted by Gasteiger charge is -2.36. The first-order valence-corrected chi connectivity index (χ1v) is 7.30. The van der Waals surface area contributed by atoms with Crippen molar-refractivity contribution in [3.05, 3.63) is 35.9 Å². The Morgan fingerprint density at radius 1 is 1.11 bits per heavy atom. The summed E-state index contributed by atoms with van der Waals surface area (Å²) in [5, 5.41) is 0. The molecule has 1 heterocycles. The van der Waals surface area contributed by atoms with Gasteiger partial charge >= 0.3 is 0 Å². The first kappa shape index (κ1) is 12.2. The van der Waals surface area contributed by atoms with Crippen LogP contribution in [-0.2, 0) is 6.54 Å². The Morgan fingerprint density at radius 3 is 2.56 bits per heavy atom. The van der Waals surface area contributed by atoms with E-state index in [1.807, 2.05) is 0 Å². The largest absolute Gasteiger partial charge is 0.326 e. The molecule has 2 heteroatoms. The molecule has 0 bridgehead atoms. The van der Waals surface area contributed by atoms with E-state index >= 15 is 0 Å². The molecule has 0 radical (unpaired) electrons. The minimum absolute atomic E-state index is 0.390. The van der Waals surface area contributed by atoms with Crippen molar-refractivity contribution in [3.8, 4) is 0 Å². The molecule has 2 N–H and O–H groups in total. The fourth-order valence-corrected chi connectivity index (χ4v) is 3.85. The van der Waals surface area contributed by atoms with E-state index in [0.717, 1.165) is 13.1 Å². The zero-order valence-corrected chi connectivity index (χ0v) is 11.1. The summed E-state index contributed by atoms with van der Waals surface area (Å²) in [6.45, 7) is 3.36. The van der Waals surface area contributed by atoms with Crippen molar-refractivity contribution in [2.45, 2.75) is 44.7 Å². The summed E-state index contributed by atoms with van der Waals surface area (Å²) < 4.78 is 0. The van der Waals surface area contributed by atoms with Crippen molar-refractivity contribution in [1.29, 1.82) is 0 Å². The van der Waals surface area contributed by atoms with E-state index in [4.69, 9.17) is 5.73 Å². The molecule has 1 aromatic rings. The van der Waals surface area contributed by atoms with Crippen molar-refractivity contribution in [3.63, 3.8) is 0 Å². The molecule has 1 aliphatic carbocycles. The predicted octanol–water partition coefficient (Wildman–Crippen LogP) is 2.78. The molecule has 98 valence electrons. The first-order chi connectivity index (χ1) is 8.78. The maximum Gasteiger partial charge on any atom is 0.0237 e. The molecule has 18 heavy (non-hydrogen) atoms. The average Bonchev–Trinajstić information content (AvgIpc) is 2.68. The van der Waals surface area contributed by atoms with Gasteiger partial charge in [0.1, 0.15) is 0 Å². The molecule has 2 aliphatic rings. The standard InChI is InChI=1S/C16H24N2/c17-15-12-18(11-14-7-3-1-4-8-14)13-16(15)9-5-2-6-10-16/h1,3-4,7-8,15H,2,5-6,9-13,17H2. The number of benzene rings is 1. The summed E-state index contributed by atoms with van der Waals surface area (Å²) in [6, 6.07) is 11.2. The van der Waals surface area contributed by atoms with E-state index in [9.17, 15) is 0 Å². The zero-order valence-electron chi connectivity index (χ0n) is 11.1. The van der Waals surface area contributed by atoms with Crippen molar-refractivity contribution in [2.24, 2.45) is 11.1 Å². The minimum Gasteiger partial charge on any atom is -0.326 e. The lowest BCUT2D eigenvalue weighted by Crippen LogP contribution is -2.41. The molecule has 3 rings (SSSR count). The molecule has 1 aliphatic heterocycles. The van der Waals surface area contributed by atoms with Crippen LogP contribution in [0.25, 0.3) is 0 Å². The average molecular weight is 244 g/mol. The topological polar surface area (TPSA) is 29.3 Å². The van der Waals surface area contributed by atoms with Gasteiger partial charge in [-0.2, -0.15) is 0 Å². The van der Waals surface area contributed by atoms with Gasteiger partial charge in [0.2, 0.25) is 0 Å². The molecule has 1 saturated carbocycles. The van der Waals surface area contributed by atoms with Gasteiger partial charge in [-0.1, -0.05) is 49.6 Å². The van der Waals surface area contributed by atoms with Crippen LogP contribution in [-0.4, -0.2) is 24.0 Å². The van der Waals surface area contributed by atoms with Gasteiger partial charge in [-0.25, -0.2) is 0 Å². The Morgan fingerprint density at radius 2 is 1.83 bits per heavy atom. The monoisotopic (exact) mass is 244 g/mol. The summed E-state index contributed by atoms with van der Waals surface area (Å²) in [7, 11) is 0. The van der Waals surface area contributed by atoms with Crippen LogP contribution in [0.4, 0.5) is 0 Å². The van der Waals surface area contributed by atoms with Crippen LogP contribution in [0.1, 0.15) is 37.7 Å². The second kappa shape index (κ2) is 5.02. The number of likely N-dealkylation sites (tertiary alicyclic amines) is 1. The zero-order chi connectivity index (χ0) is 12.4. The highest BCUT2D eigenvalue weighted by Crippen LogP contribution is 2.43. The van der Waals surface area contributed by atoms with E-state index in [1.54, 1.807) is 0 Å². The predicted molar refractivity (Wildman–Crippen MR) is 75.2 cm³/mol. The van der Waals surface area contributed by atoms with Crippen LogP contribution in [0.3, 0.4) is 0 Å². The molecule has 1 saturated heterocycles. The fraction of sp³-hybridized carbons (Fsp3) is 0.625. The van der Waals surface area contributed by atoms with Gasteiger partial charge in [0.15, 0.2) is 0 Å². The van der Waals surface area contributed by atoms with Crippen LogP contribution in [0.2, 0.25) is 0 Å².